The predicted molar refractivity (Wildman–Crippen MR) is 150 cm³/mol. The van der Waals surface area contributed by atoms with Crippen molar-refractivity contribution in [2.24, 2.45) is 0 Å². The van der Waals surface area contributed by atoms with Gasteiger partial charge < -0.3 is 50.4 Å². The van der Waals surface area contributed by atoms with Gasteiger partial charge in [-0.1, -0.05) is 0 Å². The fraction of sp³-hybridized carbons (Fsp3) is 0.500. The fourth-order valence-corrected chi connectivity index (χ4v) is 7.72. The summed E-state index contributed by atoms with van der Waals surface area (Å²) in [6, 6.07) is 0. The standard InChI is InChI=1S/C20H24N10O12P2S/c21-14-8-16(25-3-23-14)29(5-27-8)19-13-10(31)6(39-19)1-37-43(34,35)41-12-7(2-38-44(36,45)42-13)40-18(11(12)32)30-17-9(28-20(30)33)15(22)24-4-26-17/h3-7,10-13,18-19,31-32H,1-2H2,(H,28,33)(H,34,35)(H,36,45)(H2,21,23,25)(H2,22,24,26)/t6-,7-,10-,11-,12-,13-,18-,19-,44?/m1/s1. The molecule has 0 amide bonds. The molecule has 3 aliphatic rings. The average Bonchev–Trinajstić information content (AvgIpc) is 3.71. The Morgan fingerprint density at radius 1 is 0.889 bits per heavy atom. The Bertz CT molecular complexity index is 1940. The van der Waals surface area contributed by atoms with E-state index in [1.807, 2.05) is 0 Å². The number of ether oxygens (including phenoxy) is 2. The highest BCUT2D eigenvalue weighted by atomic mass is 32.5. The number of nitrogens with zero attached hydrogens (tertiary/aromatic N) is 7. The Balaban J connectivity index is 1.21. The van der Waals surface area contributed by atoms with Gasteiger partial charge in [0.15, 0.2) is 35.4 Å². The van der Waals surface area contributed by atoms with Crippen molar-refractivity contribution < 1.29 is 52.1 Å². The Labute approximate surface area is 254 Å². The second-order valence-electron chi connectivity index (χ2n) is 10.1. The summed E-state index contributed by atoms with van der Waals surface area (Å²) in [5.41, 5.74) is 11.3. The van der Waals surface area contributed by atoms with Crippen LogP contribution in [-0.4, -0.2) is 109 Å². The number of fused-ring (bicyclic) bond motifs is 5. The lowest BCUT2D eigenvalue weighted by Gasteiger charge is -2.27. The van der Waals surface area contributed by atoms with E-state index in [0.717, 1.165) is 10.9 Å². The van der Waals surface area contributed by atoms with Crippen molar-refractivity contribution in [1.29, 1.82) is 0 Å². The third-order valence-electron chi connectivity index (χ3n) is 7.39. The molecule has 4 aromatic heterocycles. The molecule has 3 saturated heterocycles. The highest BCUT2D eigenvalue weighted by molar-refractivity contribution is 8.07. The highest BCUT2D eigenvalue weighted by Gasteiger charge is 2.53. The van der Waals surface area contributed by atoms with E-state index in [-0.39, 0.29) is 34.0 Å². The predicted octanol–water partition coefficient (Wildman–Crippen LogP) is -2.23. The Hall–Kier alpha value is -3.02. The molecule has 0 saturated carbocycles. The molecule has 0 spiro atoms. The number of rotatable bonds is 2. The molecule has 22 nitrogen and oxygen atoms in total. The van der Waals surface area contributed by atoms with E-state index in [9.17, 15) is 29.4 Å². The van der Waals surface area contributed by atoms with Crippen molar-refractivity contribution >= 4 is 60.3 Å². The van der Waals surface area contributed by atoms with Crippen LogP contribution < -0.4 is 17.2 Å². The number of H-pyrrole nitrogens is 1. The monoisotopic (exact) mass is 690 g/mol. The number of hydrogen-bond donors (Lipinski definition) is 7. The van der Waals surface area contributed by atoms with Crippen LogP contribution in [0.4, 0.5) is 11.6 Å². The van der Waals surface area contributed by atoms with Crippen molar-refractivity contribution in [1.82, 2.24) is 39.0 Å². The van der Waals surface area contributed by atoms with Gasteiger partial charge in [0.25, 0.3) is 0 Å². The van der Waals surface area contributed by atoms with Crippen LogP contribution in [0.25, 0.3) is 22.3 Å². The Morgan fingerprint density at radius 2 is 1.58 bits per heavy atom. The molecule has 0 aliphatic carbocycles. The number of nitrogens with two attached hydrogens (primary N) is 2. The van der Waals surface area contributed by atoms with Crippen LogP contribution in [0, 0.1) is 0 Å². The summed E-state index contributed by atoms with van der Waals surface area (Å²) in [6.07, 6.45) is -8.60. The van der Waals surface area contributed by atoms with E-state index in [1.165, 1.54) is 17.2 Å². The van der Waals surface area contributed by atoms with Gasteiger partial charge in [-0.05, 0) is 11.8 Å². The van der Waals surface area contributed by atoms with Gasteiger partial charge in [-0.15, -0.1) is 0 Å². The lowest BCUT2D eigenvalue weighted by molar-refractivity contribution is -0.0639. The molecule has 242 valence electrons. The van der Waals surface area contributed by atoms with Gasteiger partial charge in [0.1, 0.15) is 60.3 Å². The van der Waals surface area contributed by atoms with Gasteiger partial charge in [-0.2, -0.15) is 0 Å². The largest absolute Gasteiger partial charge is 0.472 e. The first-order valence-electron chi connectivity index (χ1n) is 13.0. The summed E-state index contributed by atoms with van der Waals surface area (Å²) in [5.74, 6) is -0.00278. The van der Waals surface area contributed by atoms with E-state index in [4.69, 9.17) is 50.8 Å². The van der Waals surface area contributed by atoms with E-state index in [2.05, 4.69) is 29.9 Å². The second-order valence-corrected chi connectivity index (χ2v) is 14.3. The van der Waals surface area contributed by atoms with Crippen molar-refractivity contribution in [3.05, 3.63) is 29.5 Å². The molecule has 45 heavy (non-hydrogen) atoms. The van der Waals surface area contributed by atoms with Crippen LogP contribution in [0.15, 0.2) is 23.8 Å². The third-order valence-corrected chi connectivity index (χ3v) is 9.93. The average molecular weight is 690 g/mol. The number of nitrogens with one attached hydrogen (secondary N) is 1. The van der Waals surface area contributed by atoms with E-state index in [1.54, 1.807) is 0 Å². The number of aromatic amines is 1. The number of anilines is 2. The number of hydrogen-bond acceptors (Lipinski definition) is 18. The first-order valence-corrected chi connectivity index (χ1v) is 17.0. The molecule has 0 aromatic carbocycles. The molecule has 3 aliphatic heterocycles. The lowest BCUT2D eigenvalue weighted by Crippen LogP contribution is -2.37. The summed E-state index contributed by atoms with van der Waals surface area (Å²) in [4.78, 5) is 57.0. The number of aliphatic hydroxyl groups excluding tert-OH is 2. The summed E-state index contributed by atoms with van der Waals surface area (Å²) < 4.78 is 48.7. The van der Waals surface area contributed by atoms with Gasteiger partial charge in [-0.3, -0.25) is 18.1 Å². The normalized spacial score (nSPS) is 37.7. The number of phosphoric ester groups is 1. The molecule has 9 N–H and O–H groups in total. The highest BCUT2D eigenvalue weighted by Crippen LogP contribution is 2.53. The zero-order valence-corrected chi connectivity index (χ0v) is 25.0. The van der Waals surface area contributed by atoms with Crippen LogP contribution in [0.3, 0.4) is 0 Å². The molecule has 25 heteroatoms. The fourth-order valence-electron chi connectivity index (χ4n) is 5.34. The maximum atomic E-state index is 13.1. The van der Waals surface area contributed by atoms with Crippen LogP contribution in [-0.2, 0) is 43.9 Å². The maximum Gasteiger partial charge on any atom is 0.472 e. The zero-order chi connectivity index (χ0) is 31.8. The first kappa shape index (κ1) is 30.6. The molecule has 4 aromatic rings. The Morgan fingerprint density at radius 3 is 2.36 bits per heavy atom. The molecule has 2 unspecified atom stereocenters. The minimum atomic E-state index is -5.05. The van der Waals surface area contributed by atoms with Gasteiger partial charge in [0, 0.05) is 0 Å². The maximum absolute atomic E-state index is 13.1. The molecule has 0 radical (unpaired) electrons. The van der Waals surface area contributed by atoms with E-state index >= 15 is 0 Å². The summed E-state index contributed by atoms with van der Waals surface area (Å²) >= 11 is 5.21. The van der Waals surface area contributed by atoms with Crippen molar-refractivity contribution in [3.63, 3.8) is 0 Å². The molecular formula is C20H24N10O12P2S. The van der Waals surface area contributed by atoms with Crippen LogP contribution >= 0.6 is 14.5 Å². The molecule has 2 bridgehead atoms. The SMILES string of the molecule is Nc1ncnc2c1ncn2[C@@H]1O[C@@H]2COP(=O)(O)O[C@H]3[C@@H](O)[C@H](n4c(=O)[nH]c5c(N)ncnc54)O[C@@H]3COP(O)(=S)O[C@@H]1[C@@H]2O. The van der Waals surface area contributed by atoms with Gasteiger partial charge >= 0.3 is 20.2 Å². The molecule has 7 rings (SSSR count). The number of aliphatic hydroxyl groups is 2. The Kier molecular flexibility index (Phi) is 7.52. The number of phosphoric acid groups is 1. The van der Waals surface area contributed by atoms with Crippen molar-refractivity contribution in [2.75, 3.05) is 24.7 Å². The van der Waals surface area contributed by atoms with Gasteiger partial charge in [0.05, 0.1) is 19.5 Å². The molecule has 7 heterocycles. The minimum Gasteiger partial charge on any atom is -0.387 e. The number of imidazole rings is 2. The summed E-state index contributed by atoms with van der Waals surface area (Å²) in [6.45, 7) is -5.70. The van der Waals surface area contributed by atoms with Gasteiger partial charge in [0.2, 0.25) is 0 Å². The summed E-state index contributed by atoms with van der Waals surface area (Å²) in [5, 5.41) is 22.3. The van der Waals surface area contributed by atoms with Gasteiger partial charge in [-0.25, -0.2) is 38.8 Å². The van der Waals surface area contributed by atoms with Crippen LogP contribution in [0.1, 0.15) is 12.5 Å². The molecule has 3 fully saturated rings. The van der Waals surface area contributed by atoms with Crippen molar-refractivity contribution in [2.45, 2.75) is 49.1 Å². The van der Waals surface area contributed by atoms with Crippen LogP contribution in [0.2, 0.25) is 0 Å². The van der Waals surface area contributed by atoms with E-state index < -0.39 is 82.5 Å². The third kappa shape index (κ3) is 5.34. The number of nitrogen functional groups attached to an aromatic ring is 2. The first-order chi connectivity index (χ1) is 21.3. The smallest absolute Gasteiger partial charge is 0.387 e. The van der Waals surface area contributed by atoms with E-state index in [0.29, 0.717) is 0 Å². The molecular weight excluding hydrogens is 666 g/mol. The summed E-state index contributed by atoms with van der Waals surface area (Å²) in [7, 11) is -5.05. The minimum absolute atomic E-state index is 0.0434. The zero-order valence-electron chi connectivity index (χ0n) is 22.4. The second kappa shape index (κ2) is 11.1. The van der Waals surface area contributed by atoms with Crippen LogP contribution in [0.5, 0.6) is 0 Å². The molecule has 10 atom stereocenters. The van der Waals surface area contributed by atoms with Crippen molar-refractivity contribution in [3.8, 4) is 0 Å². The number of aromatic nitrogens is 8. The topological polar surface area (TPSA) is 313 Å². The quantitative estimate of drug-likeness (QED) is 0.109. The lowest BCUT2D eigenvalue weighted by atomic mass is 10.1.